The fourth-order valence-corrected chi connectivity index (χ4v) is 4.52. The van der Waals surface area contributed by atoms with E-state index in [0.29, 0.717) is 36.0 Å². The zero-order valence-corrected chi connectivity index (χ0v) is 20.1. The van der Waals surface area contributed by atoms with Crippen molar-refractivity contribution in [2.45, 2.75) is 25.4 Å². The van der Waals surface area contributed by atoms with Crippen LogP contribution in [0.5, 0.6) is 0 Å². The summed E-state index contributed by atoms with van der Waals surface area (Å²) in [4.78, 5) is 51.1. The second-order valence-corrected chi connectivity index (χ2v) is 8.69. The minimum Gasteiger partial charge on any atom is -0.355 e. The number of likely N-dealkylation sites (tertiary alicyclic amines) is 1. The predicted octanol–water partition coefficient (Wildman–Crippen LogP) is 3.03. The van der Waals surface area contributed by atoms with Crippen LogP contribution in [0.3, 0.4) is 0 Å². The zero-order valence-electron chi connectivity index (χ0n) is 19.3. The quantitative estimate of drug-likeness (QED) is 0.415. The van der Waals surface area contributed by atoms with E-state index in [0.717, 1.165) is 0 Å². The highest BCUT2D eigenvalue weighted by atomic mass is 35.5. The van der Waals surface area contributed by atoms with E-state index in [-0.39, 0.29) is 22.7 Å². The van der Waals surface area contributed by atoms with Crippen LogP contribution in [-0.4, -0.2) is 53.0 Å². The number of halogens is 2. The number of para-hydroxylation sites is 1. The van der Waals surface area contributed by atoms with Crippen molar-refractivity contribution in [1.29, 1.82) is 0 Å². The lowest BCUT2D eigenvalue weighted by molar-refractivity contribution is -0.124. The van der Waals surface area contributed by atoms with Crippen molar-refractivity contribution < 1.29 is 23.6 Å². The Kier molecular flexibility index (Phi) is 7.11. The molecule has 1 aliphatic heterocycles. The topological polar surface area (TPSA) is 139 Å². The number of carbonyl (C=O) groups is 4. The first kappa shape index (κ1) is 25.0. The molecule has 188 valence electrons. The number of nitrogens with one attached hydrogen (secondary N) is 3. The van der Waals surface area contributed by atoms with E-state index in [1.54, 1.807) is 24.3 Å². The summed E-state index contributed by atoms with van der Waals surface area (Å²) in [6, 6.07) is 7.48. The van der Waals surface area contributed by atoms with Gasteiger partial charge in [-0.1, -0.05) is 29.8 Å². The Hall–Kier alpha value is -4.12. The van der Waals surface area contributed by atoms with Crippen LogP contribution in [0.25, 0.3) is 10.9 Å². The summed E-state index contributed by atoms with van der Waals surface area (Å²) in [6.45, 7) is 0.123. The second kappa shape index (κ2) is 10.2. The van der Waals surface area contributed by atoms with E-state index >= 15 is 0 Å². The average Bonchev–Trinajstić information content (AvgIpc) is 3.50. The summed E-state index contributed by atoms with van der Waals surface area (Å²) in [7, 11) is 1.44. The van der Waals surface area contributed by atoms with Gasteiger partial charge < -0.3 is 26.6 Å². The number of fused-ring (bicyclic) bond motifs is 1. The van der Waals surface area contributed by atoms with Gasteiger partial charge in [0.2, 0.25) is 5.91 Å². The lowest BCUT2D eigenvalue weighted by Crippen LogP contribution is -2.47. The molecule has 0 spiro atoms. The van der Waals surface area contributed by atoms with Crippen LogP contribution < -0.4 is 21.7 Å². The number of nitrogens with two attached hydrogens (primary N) is 1. The number of hydrogen-bond acceptors (Lipinski definition) is 4. The molecule has 0 radical (unpaired) electrons. The predicted molar refractivity (Wildman–Crippen MR) is 132 cm³/mol. The number of carbonyl (C=O) groups excluding carboxylic acids is 4. The van der Waals surface area contributed by atoms with Gasteiger partial charge in [-0.2, -0.15) is 0 Å². The van der Waals surface area contributed by atoms with Crippen molar-refractivity contribution in [3.05, 3.63) is 64.6 Å². The zero-order chi connectivity index (χ0) is 26.0. The minimum atomic E-state index is -0.782. The number of anilines is 1. The van der Waals surface area contributed by atoms with Gasteiger partial charge in [0.05, 0.1) is 16.2 Å². The van der Waals surface area contributed by atoms with Crippen molar-refractivity contribution >= 4 is 52.1 Å². The summed E-state index contributed by atoms with van der Waals surface area (Å²) in [5.74, 6) is -1.65. The van der Waals surface area contributed by atoms with Crippen LogP contribution >= 0.6 is 11.6 Å². The van der Waals surface area contributed by atoms with Gasteiger partial charge in [-0.25, -0.2) is 14.0 Å². The number of amides is 5. The lowest BCUT2D eigenvalue weighted by atomic mass is 10.1. The fraction of sp³-hybridized carbons (Fsp3) is 0.250. The third-order valence-corrected chi connectivity index (χ3v) is 6.33. The smallest absolute Gasteiger partial charge is 0.323 e. The number of hydrogen-bond donors (Lipinski definition) is 4. The van der Waals surface area contributed by atoms with Gasteiger partial charge in [-0.05, 0) is 31.0 Å². The van der Waals surface area contributed by atoms with Crippen LogP contribution in [-0.2, 0) is 11.3 Å². The largest absolute Gasteiger partial charge is 0.355 e. The van der Waals surface area contributed by atoms with Crippen molar-refractivity contribution in [2.24, 2.45) is 5.73 Å². The van der Waals surface area contributed by atoms with Gasteiger partial charge in [0.1, 0.15) is 11.9 Å². The first-order valence-corrected chi connectivity index (χ1v) is 11.5. The van der Waals surface area contributed by atoms with Crippen molar-refractivity contribution in [1.82, 2.24) is 20.1 Å². The Bertz CT molecular complexity index is 1370. The molecule has 10 nitrogen and oxygen atoms in total. The SMILES string of the molecule is CNC(=O)c1cc(Cl)c(F)c(CNC(=O)[C@@H]2CCCN2C(=O)Nc2cn(C(N)=O)c3ccccc23)c1. The van der Waals surface area contributed by atoms with Gasteiger partial charge in [0, 0.05) is 42.8 Å². The first-order valence-electron chi connectivity index (χ1n) is 11.2. The Balaban J connectivity index is 1.47. The number of aromatic nitrogens is 1. The Labute approximate surface area is 210 Å². The molecule has 5 amide bonds. The molecule has 2 aromatic carbocycles. The van der Waals surface area contributed by atoms with Crippen molar-refractivity contribution in [2.75, 3.05) is 18.9 Å². The standard InChI is InChI=1S/C24H24ClFN6O4/c1-28-21(33)13-9-14(20(26)16(25)10-13)11-29-22(34)19-7-4-8-31(19)24(36)30-17-12-32(23(27)35)18-6-3-2-5-15(17)18/h2-3,5-6,9-10,12,19H,4,7-8,11H2,1H3,(H2,27,35)(H,28,33)(H,29,34)(H,30,36)/t19-/m0/s1. The van der Waals surface area contributed by atoms with Gasteiger partial charge in [0.15, 0.2) is 0 Å². The van der Waals surface area contributed by atoms with E-state index in [1.807, 2.05) is 0 Å². The fourth-order valence-electron chi connectivity index (χ4n) is 4.28. The molecule has 1 aliphatic rings. The number of nitrogens with zero attached hydrogens (tertiary/aromatic N) is 2. The highest BCUT2D eigenvalue weighted by molar-refractivity contribution is 6.31. The Morgan fingerprint density at radius 3 is 2.67 bits per heavy atom. The second-order valence-electron chi connectivity index (χ2n) is 8.28. The Morgan fingerprint density at radius 1 is 1.19 bits per heavy atom. The third kappa shape index (κ3) is 4.82. The Morgan fingerprint density at radius 2 is 1.94 bits per heavy atom. The molecule has 2 heterocycles. The number of urea groups is 1. The van der Waals surface area contributed by atoms with Crippen LogP contribution in [0.15, 0.2) is 42.6 Å². The van der Waals surface area contributed by atoms with Gasteiger partial charge in [-0.3, -0.25) is 14.2 Å². The maximum atomic E-state index is 14.5. The summed E-state index contributed by atoms with van der Waals surface area (Å²) >= 11 is 5.91. The molecule has 0 saturated carbocycles. The molecule has 4 rings (SSSR count). The highest BCUT2D eigenvalue weighted by Gasteiger charge is 2.34. The maximum absolute atomic E-state index is 14.5. The molecular weight excluding hydrogens is 491 g/mol. The van der Waals surface area contributed by atoms with Crippen LogP contribution in [0, 0.1) is 5.82 Å². The van der Waals surface area contributed by atoms with E-state index in [1.165, 1.54) is 34.8 Å². The van der Waals surface area contributed by atoms with Gasteiger partial charge >= 0.3 is 12.1 Å². The van der Waals surface area contributed by atoms with Crippen molar-refractivity contribution in [3.63, 3.8) is 0 Å². The van der Waals surface area contributed by atoms with Crippen molar-refractivity contribution in [3.8, 4) is 0 Å². The first-order chi connectivity index (χ1) is 17.2. The van der Waals surface area contributed by atoms with Gasteiger partial charge in [-0.15, -0.1) is 0 Å². The number of benzene rings is 2. The summed E-state index contributed by atoms with van der Waals surface area (Å²) in [5, 5.41) is 8.21. The molecule has 12 heteroatoms. The number of rotatable bonds is 5. The lowest BCUT2D eigenvalue weighted by Gasteiger charge is -2.24. The molecule has 1 saturated heterocycles. The molecule has 0 bridgehead atoms. The molecule has 1 aromatic heterocycles. The summed E-state index contributed by atoms with van der Waals surface area (Å²) in [6.07, 6.45) is 2.45. The average molecular weight is 515 g/mol. The molecule has 1 atom stereocenters. The molecule has 3 aromatic rings. The highest BCUT2D eigenvalue weighted by Crippen LogP contribution is 2.27. The van der Waals surface area contributed by atoms with E-state index in [4.69, 9.17) is 17.3 Å². The molecular formula is C24H24ClFN6O4. The van der Waals surface area contributed by atoms with E-state index in [9.17, 15) is 23.6 Å². The normalized spacial score (nSPS) is 15.1. The molecule has 0 aliphatic carbocycles. The molecule has 36 heavy (non-hydrogen) atoms. The number of primary amides is 1. The van der Waals surface area contributed by atoms with Crippen LogP contribution in [0.2, 0.25) is 5.02 Å². The van der Waals surface area contributed by atoms with E-state index in [2.05, 4.69) is 16.0 Å². The molecule has 1 fully saturated rings. The third-order valence-electron chi connectivity index (χ3n) is 6.05. The maximum Gasteiger partial charge on any atom is 0.323 e. The van der Waals surface area contributed by atoms with Crippen LogP contribution in [0.4, 0.5) is 19.7 Å². The van der Waals surface area contributed by atoms with Gasteiger partial charge in [0.25, 0.3) is 5.91 Å². The van der Waals surface area contributed by atoms with Crippen LogP contribution in [0.1, 0.15) is 28.8 Å². The molecule has 0 unspecified atom stereocenters. The van der Waals surface area contributed by atoms with E-state index < -0.39 is 35.7 Å². The molecule has 5 N–H and O–H groups in total. The minimum absolute atomic E-state index is 0.0442. The monoisotopic (exact) mass is 514 g/mol. The summed E-state index contributed by atoms with van der Waals surface area (Å²) < 4.78 is 15.7. The summed E-state index contributed by atoms with van der Waals surface area (Å²) in [5.41, 5.74) is 6.55.